The monoisotopic (exact) mass is 169 g/mol. The van der Waals surface area contributed by atoms with Crippen LogP contribution in [0.5, 0.6) is 0 Å². The maximum atomic E-state index is 11.0. The second-order valence-corrected chi connectivity index (χ2v) is 2.18. The van der Waals surface area contributed by atoms with Gasteiger partial charge in [-0.3, -0.25) is 4.68 Å². The molecule has 0 N–H and O–H groups in total. The Balaban J connectivity index is 2.68. The number of carbonyl (C=O) groups excluding carboxylic acids is 1. The third kappa shape index (κ3) is 1.81. The van der Waals surface area contributed by atoms with E-state index in [0.717, 1.165) is 0 Å². The average Bonchev–Trinajstić information content (AvgIpc) is 2.52. The Morgan fingerprint density at radius 2 is 2.42 bits per heavy atom. The molecule has 5 nitrogen and oxygen atoms in total. The summed E-state index contributed by atoms with van der Waals surface area (Å²) in [5.74, 6) is -0.419. The van der Waals surface area contributed by atoms with Crippen molar-refractivity contribution in [2.75, 3.05) is 6.61 Å². The van der Waals surface area contributed by atoms with E-state index in [1.165, 1.54) is 0 Å². The summed E-state index contributed by atoms with van der Waals surface area (Å²) in [5.41, 5.74) is 0.263. The first kappa shape index (κ1) is 8.70. The first-order valence-electron chi connectivity index (χ1n) is 3.85. The minimum atomic E-state index is -0.419. The van der Waals surface area contributed by atoms with Crippen LogP contribution >= 0.6 is 0 Å². The Labute approximate surface area is 70.3 Å². The zero-order valence-electron chi connectivity index (χ0n) is 7.15. The summed E-state index contributed by atoms with van der Waals surface area (Å²) in [5, 5.41) is 7.35. The predicted octanol–water partition coefficient (Wildman–Crippen LogP) is 0.475. The zero-order valence-corrected chi connectivity index (χ0v) is 7.15. The van der Waals surface area contributed by atoms with E-state index in [-0.39, 0.29) is 5.69 Å². The van der Waals surface area contributed by atoms with Crippen LogP contribution in [0.1, 0.15) is 24.3 Å². The lowest BCUT2D eigenvalue weighted by atomic mass is 10.5. The maximum absolute atomic E-state index is 11.0. The van der Waals surface area contributed by atoms with Gasteiger partial charge in [0.25, 0.3) is 0 Å². The second-order valence-electron chi connectivity index (χ2n) is 2.18. The van der Waals surface area contributed by atoms with Crippen molar-refractivity contribution in [3.63, 3.8) is 0 Å². The maximum Gasteiger partial charge on any atom is 0.360 e. The van der Waals surface area contributed by atoms with Gasteiger partial charge in [-0.15, -0.1) is 5.10 Å². The Bertz CT molecular complexity index is 269. The highest BCUT2D eigenvalue weighted by molar-refractivity contribution is 5.86. The summed E-state index contributed by atoms with van der Waals surface area (Å²) < 4.78 is 6.31. The summed E-state index contributed by atoms with van der Waals surface area (Å²) in [6, 6.07) is 0. The van der Waals surface area contributed by atoms with Gasteiger partial charge in [-0.25, -0.2) is 4.79 Å². The summed E-state index contributed by atoms with van der Waals surface area (Å²) in [4.78, 5) is 11.0. The van der Waals surface area contributed by atoms with Gasteiger partial charge in [-0.2, -0.15) is 0 Å². The molecule has 1 aromatic heterocycles. The van der Waals surface area contributed by atoms with Crippen molar-refractivity contribution >= 4 is 5.97 Å². The van der Waals surface area contributed by atoms with Crippen LogP contribution < -0.4 is 0 Å². The summed E-state index contributed by atoms with van der Waals surface area (Å²) in [6.45, 7) is 4.73. The standard InChI is InChI=1S/C7H11N3O2/c1-3-10-5-6(8-9-10)7(11)12-4-2/h5H,3-4H2,1-2H3. The fourth-order valence-corrected chi connectivity index (χ4v) is 0.752. The van der Waals surface area contributed by atoms with Gasteiger partial charge in [-0.1, -0.05) is 5.21 Å². The number of esters is 1. The molecule has 0 fully saturated rings. The smallest absolute Gasteiger partial charge is 0.360 e. The van der Waals surface area contributed by atoms with E-state index in [4.69, 9.17) is 4.74 Å². The van der Waals surface area contributed by atoms with Gasteiger partial charge in [0.2, 0.25) is 0 Å². The molecule has 0 aliphatic heterocycles. The molecule has 0 bridgehead atoms. The van der Waals surface area contributed by atoms with Gasteiger partial charge in [0.05, 0.1) is 12.8 Å². The van der Waals surface area contributed by atoms with E-state index in [1.54, 1.807) is 17.8 Å². The first-order chi connectivity index (χ1) is 5.77. The van der Waals surface area contributed by atoms with Gasteiger partial charge in [0, 0.05) is 6.54 Å². The van der Waals surface area contributed by atoms with Gasteiger partial charge in [0.15, 0.2) is 5.69 Å². The molecule has 0 saturated carbocycles. The molecule has 1 rings (SSSR count). The van der Waals surface area contributed by atoms with E-state index in [2.05, 4.69) is 10.3 Å². The van der Waals surface area contributed by atoms with Gasteiger partial charge in [-0.05, 0) is 13.8 Å². The molecule has 0 spiro atoms. The molecule has 0 aromatic carbocycles. The lowest BCUT2D eigenvalue weighted by Gasteiger charge is -1.94. The number of hydrogen-bond acceptors (Lipinski definition) is 4. The summed E-state index contributed by atoms with van der Waals surface area (Å²) in [6.07, 6.45) is 1.57. The number of aromatic nitrogens is 3. The molecule has 1 heterocycles. The third-order valence-electron chi connectivity index (χ3n) is 1.35. The molecule has 66 valence electrons. The zero-order chi connectivity index (χ0) is 8.97. The molecule has 0 radical (unpaired) electrons. The minimum absolute atomic E-state index is 0.263. The molecular weight excluding hydrogens is 158 g/mol. The number of nitrogens with zero attached hydrogens (tertiary/aromatic N) is 3. The number of carbonyl (C=O) groups is 1. The van der Waals surface area contributed by atoms with Crippen molar-refractivity contribution in [1.82, 2.24) is 15.0 Å². The SMILES string of the molecule is CCOC(=O)c1cn(CC)nn1. The highest BCUT2D eigenvalue weighted by Gasteiger charge is 2.10. The normalized spacial score (nSPS) is 9.83. The van der Waals surface area contributed by atoms with Crippen LogP contribution in [0.15, 0.2) is 6.20 Å². The number of ether oxygens (including phenoxy) is 1. The van der Waals surface area contributed by atoms with Crippen molar-refractivity contribution < 1.29 is 9.53 Å². The molecule has 0 atom stereocenters. The van der Waals surface area contributed by atoms with Crippen LogP contribution in [0.25, 0.3) is 0 Å². The van der Waals surface area contributed by atoms with E-state index in [0.29, 0.717) is 13.2 Å². The van der Waals surface area contributed by atoms with E-state index >= 15 is 0 Å². The average molecular weight is 169 g/mol. The van der Waals surface area contributed by atoms with E-state index < -0.39 is 5.97 Å². The third-order valence-corrected chi connectivity index (χ3v) is 1.35. The van der Waals surface area contributed by atoms with Crippen LogP contribution in [-0.2, 0) is 11.3 Å². The Morgan fingerprint density at radius 1 is 1.67 bits per heavy atom. The van der Waals surface area contributed by atoms with Crippen LogP contribution in [0.2, 0.25) is 0 Å². The van der Waals surface area contributed by atoms with Crippen LogP contribution in [0.4, 0.5) is 0 Å². The fraction of sp³-hybridized carbons (Fsp3) is 0.571. The summed E-state index contributed by atoms with van der Waals surface area (Å²) >= 11 is 0. The van der Waals surface area contributed by atoms with E-state index in [1.807, 2.05) is 6.92 Å². The predicted molar refractivity (Wildman–Crippen MR) is 41.7 cm³/mol. The van der Waals surface area contributed by atoms with Crippen molar-refractivity contribution in [1.29, 1.82) is 0 Å². The van der Waals surface area contributed by atoms with Crippen molar-refractivity contribution in [2.24, 2.45) is 0 Å². The quantitative estimate of drug-likeness (QED) is 0.617. The topological polar surface area (TPSA) is 57.0 Å². The fourth-order valence-electron chi connectivity index (χ4n) is 0.752. The molecule has 0 saturated heterocycles. The highest BCUT2D eigenvalue weighted by atomic mass is 16.5. The lowest BCUT2D eigenvalue weighted by molar-refractivity contribution is 0.0519. The molecular formula is C7H11N3O2. The molecule has 0 amide bonds. The van der Waals surface area contributed by atoms with Crippen molar-refractivity contribution in [3.8, 4) is 0 Å². The second kappa shape index (κ2) is 3.85. The highest BCUT2D eigenvalue weighted by Crippen LogP contribution is 1.95. The Morgan fingerprint density at radius 3 is 2.92 bits per heavy atom. The van der Waals surface area contributed by atoms with Crippen molar-refractivity contribution in [2.45, 2.75) is 20.4 Å². The summed E-state index contributed by atoms with van der Waals surface area (Å²) in [7, 11) is 0. The van der Waals surface area contributed by atoms with Crippen molar-refractivity contribution in [3.05, 3.63) is 11.9 Å². The largest absolute Gasteiger partial charge is 0.461 e. The van der Waals surface area contributed by atoms with Gasteiger partial charge < -0.3 is 4.74 Å². The van der Waals surface area contributed by atoms with E-state index in [9.17, 15) is 4.79 Å². The molecule has 0 aliphatic carbocycles. The molecule has 12 heavy (non-hydrogen) atoms. The Hall–Kier alpha value is -1.39. The minimum Gasteiger partial charge on any atom is -0.461 e. The Kier molecular flexibility index (Phi) is 2.79. The number of aryl methyl sites for hydroxylation is 1. The van der Waals surface area contributed by atoms with Crippen LogP contribution in [-0.4, -0.2) is 27.6 Å². The lowest BCUT2D eigenvalue weighted by Crippen LogP contribution is -2.04. The molecule has 5 heteroatoms. The number of rotatable bonds is 3. The number of hydrogen-bond donors (Lipinski definition) is 0. The van der Waals surface area contributed by atoms with Crippen LogP contribution in [0, 0.1) is 0 Å². The molecule has 1 aromatic rings. The molecule has 0 unspecified atom stereocenters. The van der Waals surface area contributed by atoms with Gasteiger partial charge >= 0.3 is 5.97 Å². The van der Waals surface area contributed by atoms with Crippen LogP contribution in [0.3, 0.4) is 0 Å². The van der Waals surface area contributed by atoms with Gasteiger partial charge in [0.1, 0.15) is 0 Å². The first-order valence-corrected chi connectivity index (χ1v) is 3.85. The molecule has 0 aliphatic rings.